The molecule has 3 atom stereocenters. The molecule has 2 amide bonds. The lowest BCUT2D eigenvalue weighted by Gasteiger charge is -2.60. The molecule has 1 heterocycles. The maximum atomic E-state index is 13.2. The molecule has 2 N–H and O–H groups in total. The Morgan fingerprint density at radius 2 is 1.90 bits per heavy atom. The van der Waals surface area contributed by atoms with Crippen LogP contribution in [0.15, 0.2) is 18.2 Å². The summed E-state index contributed by atoms with van der Waals surface area (Å²) in [6.45, 7) is 0.423. The number of halogens is 4. The Hall–Kier alpha value is -1.47. The molecular formula is C21H24ClF3N2O2. The minimum absolute atomic E-state index is 0.0636. The van der Waals surface area contributed by atoms with Crippen LogP contribution in [-0.2, 0) is 12.6 Å². The second-order valence-corrected chi connectivity index (χ2v) is 9.86. The van der Waals surface area contributed by atoms with Crippen molar-refractivity contribution in [1.82, 2.24) is 10.2 Å². The van der Waals surface area contributed by atoms with E-state index in [1.54, 1.807) is 6.07 Å². The van der Waals surface area contributed by atoms with Crippen molar-refractivity contribution in [3.8, 4) is 0 Å². The summed E-state index contributed by atoms with van der Waals surface area (Å²) in [5.74, 6) is 1.07. The number of carbonyl (C=O) groups excluding carboxylic acids is 1. The molecule has 4 aliphatic carbocycles. The Bertz CT molecular complexity index is 830. The second kappa shape index (κ2) is 6.51. The molecule has 1 aliphatic heterocycles. The van der Waals surface area contributed by atoms with Gasteiger partial charge in [0.25, 0.3) is 0 Å². The molecule has 1 saturated heterocycles. The fourth-order valence-electron chi connectivity index (χ4n) is 6.71. The number of benzene rings is 1. The predicted molar refractivity (Wildman–Crippen MR) is 101 cm³/mol. The van der Waals surface area contributed by atoms with E-state index in [0.29, 0.717) is 24.4 Å². The normalized spacial score (nSPS) is 38.6. The van der Waals surface area contributed by atoms with Crippen molar-refractivity contribution in [1.29, 1.82) is 0 Å². The van der Waals surface area contributed by atoms with E-state index in [1.807, 2.05) is 4.90 Å². The van der Waals surface area contributed by atoms with Gasteiger partial charge in [0.2, 0.25) is 0 Å². The van der Waals surface area contributed by atoms with Gasteiger partial charge in [0.15, 0.2) is 0 Å². The molecule has 4 nitrogen and oxygen atoms in total. The van der Waals surface area contributed by atoms with Crippen LogP contribution in [0.25, 0.3) is 0 Å². The monoisotopic (exact) mass is 428 g/mol. The van der Waals surface area contributed by atoms with Crippen LogP contribution in [0.1, 0.15) is 43.2 Å². The lowest BCUT2D eigenvalue weighted by atomic mass is 9.52. The minimum atomic E-state index is -4.51. The maximum Gasteiger partial charge on any atom is 0.417 e. The molecule has 1 aromatic carbocycles. The average molecular weight is 429 g/mol. The summed E-state index contributed by atoms with van der Waals surface area (Å²) in [5.41, 5.74) is -0.899. The summed E-state index contributed by atoms with van der Waals surface area (Å²) >= 11 is 5.75. The number of rotatable bonds is 3. The first-order valence-electron chi connectivity index (χ1n) is 10.3. The molecule has 4 saturated carbocycles. The Morgan fingerprint density at radius 1 is 1.21 bits per heavy atom. The van der Waals surface area contributed by atoms with Crippen LogP contribution in [0.2, 0.25) is 5.02 Å². The van der Waals surface area contributed by atoms with Gasteiger partial charge in [0.05, 0.1) is 22.2 Å². The van der Waals surface area contributed by atoms with E-state index < -0.39 is 17.3 Å². The third-order valence-corrected chi connectivity index (χ3v) is 7.77. The Kier molecular flexibility index (Phi) is 4.38. The first-order valence-corrected chi connectivity index (χ1v) is 10.6. The van der Waals surface area contributed by atoms with Crippen LogP contribution in [-0.4, -0.2) is 40.3 Å². The Labute approximate surface area is 172 Å². The zero-order valence-corrected chi connectivity index (χ0v) is 16.6. The van der Waals surface area contributed by atoms with Crippen LogP contribution in [0.3, 0.4) is 0 Å². The third-order valence-electron chi connectivity index (χ3n) is 7.44. The smallest absolute Gasteiger partial charge is 0.390 e. The largest absolute Gasteiger partial charge is 0.417 e. The van der Waals surface area contributed by atoms with Crippen LogP contribution in [0, 0.1) is 17.8 Å². The molecule has 0 radical (unpaired) electrons. The van der Waals surface area contributed by atoms with Crippen molar-refractivity contribution < 1.29 is 23.1 Å². The van der Waals surface area contributed by atoms with E-state index in [2.05, 4.69) is 5.32 Å². The lowest BCUT2D eigenvalue weighted by Crippen LogP contribution is -2.63. The van der Waals surface area contributed by atoms with Gasteiger partial charge in [-0.25, -0.2) is 4.79 Å². The molecule has 4 bridgehead atoms. The van der Waals surface area contributed by atoms with Gasteiger partial charge in [-0.1, -0.05) is 17.7 Å². The summed E-state index contributed by atoms with van der Waals surface area (Å²) in [6.07, 6.45) is 0.211. The highest BCUT2D eigenvalue weighted by atomic mass is 35.5. The Morgan fingerprint density at radius 3 is 2.52 bits per heavy atom. The SMILES string of the molecule is O=C1NCC(Cc2ccc(Cl)c(C(F)(F)F)c2)N1C1C2CC3CC1CC(O)(C3)C2. The van der Waals surface area contributed by atoms with Crippen molar-refractivity contribution in [3.63, 3.8) is 0 Å². The quantitative estimate of drug-likeness (QED) is 0.756. The van der Waals surface area contributed by atoms with Gasteiger partial charge in [-0.2, -0.15) is 13.2 Å². The van der Waals surface area contributed by atoms with E-state index >= 15 is 0 Å². The number of nitrogens with zero attached hydrogens (tertiary/aromatic N) is 1. The van der Waals surface area contributed by atoms with E-state index in [1.165, 1.54) is 6.07 Å². The zero-order chi connectivity index (χ0) is 20.6. The van der Waals surface area contributed by atoms with E-state index in [-0.39, 0.29) is 35.0 Å². The van der Waals surface area contributed by atoms with E-state index in [0.717, 1.165) is 38.2 Å². The number of nitrogens with one attached hydrogen (secondary N) is 1. The minimum Gasteiger partial charge on any atom is -0.390 e. The van der Waals surface area contributed by atoms with Crippen LogP contribution < -0.4 is 5.32 Å². The molecular weight excluding hydrogens is 405 g/mol. The second-order valence-electron chi connectivity index (χ2n) is 9.45. The third kappa shape index (κ3) is 3.30. The van der Waals surface area contributed by atoms with Crippen molar-refractivity contribution in [2.75, 3.05) is 6.54 Å². The number of hydrogen-bond donors (Lipinski definition) is 2. The van der Waals surface area contributed by atoms with Crippen LogP contribution in [0.4, 0.5) is 18.0 Å². The standard InChI is InChI=1S/C21H24ClF3N2O2/c22-17-2-1-11(6-16(17)21(23,24)25)5-15-10-26-19(28)27(15)18-13-3-12-4-14(18)9-20(29,7-12)8-13/h1-2,6,12-15,18,29H,3-5,7-10H2,(H,26,28). The molecule has 29 heavy (non-hydrogen) atoms. The Balaban J connectivity index is 1.40. The summed E-state index contributed by atoms with van der Waals surface area (Å²) in [5, 5.41) is 13.4. The lowest BCUT2D eigenvalue weighted by molar-refractivity contribution is -0.155. The molecule has 5 fully saturated rings. The van der Waals surface area contributed by atoms with Crippen molar-refractivity contribution >= 4 is 17.6 Å². The summed E-state index contributed by atoms with van der Waals surface area (Å²) in [6, 6.07) is 3.73. The zero-order valence-electron chi connectivity index (χ0n) is 15.9. The van der Waals surface area contributed by atoms with Crippen LogP contribution in [0.5, 0.6) is 0 Å². The molecule has 0 spiro atoms. The maximum absolute atomic E-state index is 13.2. The highest BCUT2D eigenvalue weighted by Crippen LogP contribution is 2.57. The van der Waals surface area contributed by atoms with Gasteiger partial charge in [-0.3, -0.25) is 0 Å². The van der Waals surface area contributed by atoms with Crippen LogP contribution >= 0.6 is 11.6 Å². The van der Waals surface area contributed by atoms with Gasteiger partial charge in [-0.05, 0) is 74.0 Å². The van der Waals surface area contributed by atoms with Gasteiger partial charge in [0, 0.05) is 12.6 Å². The molecule has 1 aromatic rings. The fraction of sp³-hybridized carbons (Fsp3) is 0.667. The van der Waals surface area contributed by atoms with Crippen molar-refractivity contribution in [2.45, 2.75) is 62.4 Å². The highest BCUT2D eigenvalue weighted by molar-refractivity contribution is 6.31. The fourth-order valence-corrected chi connectivity index (χ4v) is 6.93. The number of aliphatic hydroxyl groups is 1. The highest BCUT2D eigenvalue weighted by Gasteiger charge is 2.58. The molecule has 0 aromatic heterocycles. The molecule has 158 valence electrons. The van der Waals surface area contributed by atoms with E-state index in [9.17, 15) is 23.1 Å². The molecule has 6 rings (SSSR count). The average Bonchev–Trinajstić information content (AvgIpc) is 2.94. The number of alkyl halides is 3. The van der Waals surface area contributed by atoms with E-state index in [4.69, 9.17) is 11.6 Å². The molecule has 8 heteroatoms. The summed E-state index contributed by atoms with van der Waals surface area (Å²) in [7, 11) is 0. The summed E-state index contributed by atoms with van der Waals surface area (Å²) in [4.78, 5) is 14.6. The van der Waals surface area contributed by atoms with Gasteiger partial charge in [-0.15, -0.1) is 0 Å². The van der Waals surface area contributed by atoms with Gasteiger partial charge >= 0.3 is 12.2 Å². The number of carbonyl (C=O) groups is 1. The van der Waals surface area contributed by atoms with Gasteiger partial charge in [0.1, 0.15) is 0 Å². The van der Waals surface area contributed by atoms with Crippen molar-refractivity contribution in [3.05, 3.63) is 34.3 Å². The predicted octanol–water partition coefficient (Wildman–Crippen LogP) is 4.23. The van der Waals surface area contributed by atoms with Crippen molar-refractivity contribution in [2.24, 2.45) is 17.8 Å². The first-order chi connectivity index (χ1) is 13.6. The number of urea groups is 1. The van der Waals surface area contributed by atoms with Gasteiger partial charge < -0.3 is 15.3 Å². The number of amides is 2. The number of hydrogen-bond acceptors (Lipinski definition) is 2. The first kappa shape index (κ1) is 19.5. The topological polar surface area (TPSA) is 52.6 Å². The molecule has 3 unspecified atom stereocenters. The molecule has 5 aliphatic rings. The summed E-state index contributed by atoms with van der Waals surface area (Å²) < 4.78 is 39.7.